The number of hydrogen-bond acceptors (Lipinski definition) is 2. The first kappa shape index (κ1) is 16.0. The Kier molecular flexibility index (Phi) is 6.18. The van der Waals surface area contributed by atoms with E-state index >= 15 is 0 Å². The summed E-state index contributed by atoms with van der Waals surface area (Å²) in [6.45, 7) is 5.49. The summed E-state index contributed by atoms with van der Waals surface area (Å²) >= 11 is 0. The first-order valence-electron chi connectivity index (χ1n) is 7.93. The number of carbonyl (C=O) groups is 1. The van der Waals surface area contributed by atoms with Gasteiger partial charge in [0.25, 0.3) is 0 Å². The minimum absolute atomic E-state index is 0.144. The van der Waals surface area contributed by atoms with E-state index < -0.39 is 0 Å². The topological polar surface area (TPSA) is 32.3 Å². The first-order valence-corrected chi connectivity index (χ1v) is 7.93. The summed E-state index contributed by atoms with van der Waals surface area (Å²) in [6.07, 6.45) is 3.94. The third kappa shape index (κ3) is 5.12. The zero-order valence-electron chi connectivity index (χ0n) is 12.8. The van der Waals surface area contributed by atoms with Crippen LogP contribution in [0.25, 0.3) is 0 Å². The second-order valence-corrected chi connectivity index (χ2v) is 5.82. The van der Waals surface area contributed by atoms with E-state index in [0.717, 1.165) is 57.4 Å². The third-order valence-electron chi connectivity index (χ3n) is 4.08. The minimum atomic E-state index is -0.183. The number of benzene rings is 1. The quantitative estimate of drug-likeness (QED) is 0.818. The lowest BCUT2D eigenvalue weighted by atomic mass is 9.95. The van der Waals surface area contributed by atoms with Gasteiger partial charge in [-0.05, 0) is 50.0 Å². The van der Waals surface area contributed by atoms with Crippen LogP contribution in [0.3, 0.4) is 0 Å². The van der Waals surface area contributed by atoms with Crippen molar-refractivity contribution < 1.29 is 9.18 Å². The van der Waals surface area contributed by atoms with Gasteiger partial charge in [-0.25, -0.2) is 4.39 Å². The number of hydrogen-bond donors (Lipinski definition) is 1. The molecular formula is C17H25FN2O. The van der Waals surface area contributed by atoms with Crippen molar-refractivity contribution in [3.63, 3.8) is 0 Å². The van der Waals surface area contributed by atoms with Crippen LogP contribution >= 0.6 is 0 Å². The molecule has 1 aliphatic rings. The third-order valence-corrected chi connectivity index (χ3v) is 4.08. The van der Waals surface area contributed by atoms with Gasteiger partial charge in [-0.2, -0.15) is 0 Å². The smallest absolute Gasteiger partial charge is 0.223 e. The molecule has 3 nitrogen and oxygen atoms in total. The monoisotopic (exact) mass is 292 g/mol. The van der Waals surface area contributed by atoms with E-state index in [4.69, 9.17) is 0 Å². The highest BCUT2D eigenvalue weighted by Crippen LogP contribution is 2.19. The highest BCUT2D eigenvalue weighted by Gasteiger charge is 2.24. The highest BCUT2D eigenvalue weighted by molar-refractivity contribution is 5.78. The van der Waals surface area contributed by atoms with Crippen LogP contribution in [0.5, 0.6) is 0 Å². The minimum Gasteiger partial charge on any atom is -0.356 e. The number of nitrogens with zero attached hydrogens (tertiary/aromatic N) is 1. The van der Waals surface area contributed by atoms with Crippen LogP contribution in [-0.2, 0) is 11.3 Å². The molecule has 1 amide bonds. The Morgan fingerprint density at radius 3 is 2.81 bits per heavy atom. The van der Waals surface area contributed by atoms with Crippen LogP contribution < -0.4 is 5.32 Å². The van der Waals surface area contributed by atoms with E-state index in [2.05, 4.69) is 17.1 Å². The summed E-state index contributed by atoms with van der Waals surface area (Å²) in [5.74, 6) is 0.164. The number of amides is 1. The van der Waals surface area contributed by atoms with Crippen LogP contribution in [0.4, 0.5) is 4.39 Å². The molecule has 1 N–H and O–H groups in total. The van der Waals surface area contributed by atoms with Gasteiger partial charge in [0.1, 0.15) is 5.82 Å². The molecule has 0 saturated carbocycles. The molecule has 1 aliphatic heterocycles. The number of likely N-dealkylation sites (tertiary alicyclic amines) is 1. The second-order valence-electron chi connectivity index (χ2n) is 5.82. The molecule has 0 unspecified atom stereocenters. The lowest BCUT2D eigenvalue weighted by Crippen LogP contribution is -2.40. The number of unbranched alkanes of at least 4 members (excludes halogenated alkanes) is 1. The number of rotatable bonds is 6. The molecular weight excluding hydrogens is 267 g/mol. The zero-order valence-corrected chi connectivity index (χ0v) is 12.8. The largest absolute Gasteiger partial charge is 0.356 e. The molecule has 4 heteroatoms. The predicted octanol–water partition coefficient (Wildman–Crippen LogP) is 2.95. The van der Waals surface area contributed by atoms with Crippen LogP contribution in [0.2, 0.25) is 0 Å². The summed E-state index contributed by atoms with van der Waals surface area (Å²) in [5.41, 5.74) is 1.00. The Labute approximate surface area is 126 Å². The number of nitrogens with one attached hydrogen (secondary N) is 1. The average Bonchev–Trinajstić information content (AvgIpc) is 2.48. The molecule has 1 saturated heterocycles. The summed E-state index contributed by atoms with van der Waals surface area (Å²) < 4.78 is 13.2. The van der Waals surface area contributed by atoms with Gasteiger partial charge in [-0.3, -0.25) is 9.69 Å². The average molecular weight is 292 g/mol. The van der Waals surface area contributed by atoms with Crippen molar-refractivity contribution in [3.8, 4) is 0 Å². The van der Waals surface area contributed by atoms with Gasteiger partial charge in [0.15, 0.2) is 0 Å². The molecule has 0 bridgehead atoms. The number of piperidine rings is 1. The number of carbonyl (C=O) groups excluding carboxylic acids is 1. The fourth-order valence-corrected chi connectivity index (χ4v) is 2.78. The van der Waals surface area contributed by atoms with E-state index in [0.29, 0.717) is 0 Å². The maximum absolute atomic E-state index is 13.2. The molecule has 116 valence electrons. The van der Waals surface area contributed by atoms with Gasteiger partial charge >= 0.3 is 0 Å². The summed E-state index contributed by atoms with van der Waals surface area (Å²) in [7, 11) is 0. The molecule has 21 heavy (non-hydrogen) atoms. The van der Waals surface area contributed by atoms with E-state index in [1.807, 2.05) is 6.07 Å². The molecule has 1 fully saturated rings. The van der Waals surface area contributed by atoms with Gasteiger partial charge in [-0.15, -0.1) is 0 Å². The van der Waals surface area contributed by atoms with E-state index in [-0.39, 0.29) is 17.6 Å². The second kappa shape index (κ2) is 8.13. The van der Waals surface area contributed by atoms with Gasteiger partial charge in [0.2, 0.25) is 5.91 Å². The molecule has 1 aromatic carbocycles. The van der Waals surface area contributed by atoms with Crippen molar-refractivity contribution in [2.45, 2.75) is 39.2 Å². The predicted molar refractivity (Wildman–Crippen MR) is 82.3 cm³/mol. The molecule has 1 aromatic rings. The first-order chi connectivity index (χ1) is 10.2. The normalized spacial score (nSPS) is 16.9. The maximum Gasteiger partial charge on any atom is 0.223 e. The fraction of sp³-hybridized carbons (Fsp3) is 0.588. The van der Waals surface area contributed by atoms with Crippen LogP contribution in [0.1, 0.15) is 38.2 Å². The highest BCUT2D eigenvalue weighted by atomic mass is 19.1. The van der Waals surface area contributed by atoms with Crippen LogP contribution in [0, 0.1) is 11.7 Å². The van der Waals surface area contributed by atoms with Crippen molar-refractivity contribution in [2.24, 2.45) is 5.92 Å². The van der Waals surface area contributed by atoms with Gasteiger partial charge in [-0.1, -0.05) is 25.5 Å². The molecule has 0 radical (unpaired) electrons. The Hall–Kier alpha value is -1.42. The van der Waals surface area contributed by atoms with Crippen molar-refractivity contribution in [1.29, 1.82) is 0 Å². The Bertz CT molecular complexity index is 456. The molecule has 0 aliphatic carbocycles. The Balaban J connectivity index is 1.74. The Morgan fingerprint density at radius 2 is 2.14 bits per heavy atom. The van der Waals surface area contributed by atoms with E-state index in [1.54, 1.807) is 12.1 Å². The van der Waals surface area contributed by atoms with Gasteiger partial charge in [0.05, 0.1) is 0 Å². The van der Waals surface area contributed by atoms with Crippen molar-refractivity contribution in [1.82, 2.24) is 10.2 Å². The summed E-state index contributed by atoms with van der Waals surface area (Å²) in [6, 6.07) is 6.76. The zero-order chi connectivity index (χ0) is 15.1. The lowest BCUT2D eigenvalue weighted by molar-refractivity contribution is -0.126. The fourth-order valence-electron chi connectivity index (χ4n) is 2.78. The molecule has 0 atom stereocenters. The maximum atomic E-state index is 13.2. The molecule has 2 rings (SSSR count). The van der Waals surface area contributed by atoms with Gasteiger partial charge < -0.3 is 5.32 Å². The van der Waals surface area contributed by atoms with Gasteiger partial charge in [0, 0.05) is 19.0 Å². The number of halogens is 1. The van der Waals surface area contributed by atoms with E-state index in [9.17, 15) is 9.18 Å². The SMILES string of the molecule is CCCCNC(=O)C1CCN(Cc2cccc(F)c2)CC1. The van der Waals surface area contributed by atoms with Crippen molar-refractivity contribution >= 4 is 5.91 Å². The van der Waals surface area contributed by atoms with Crippen LogP contribution in [0.15, 0.2) is 24.3 Å². The van der Waals surface area contributed by atoms with Crippen molar-refractivity contribution in [3.05, 3.63) is 35.6 Å². The summed E-state index contributed by atoms with van der Waals surface area (Å²) in [4.78, 5) is 14.3. The molecule has 0 aromatic heterocycles. The molecule has 0 spiro atoms. The van der Waals surface area contributed by atoms with Crippen LogP contribution in [-0.4, -0.2) is 30.4 Å². The lowest BCUT2D eigenvalue weighted by Gasteiger charge is -2.31. The summed E-state index contributed by atoms with van der Waals surface area (Å²) in [5, 5.41) is 3.02. The Morgan fingerprint density at radius 1 is 1.38 bits per heavy atom. The molecule has 1 heterocycles. The van der Waals surface area contributed by atoms with Crippen molar-refractivity contribution in [2.75, 3.05) is 19.6 Å². The van der Waals surface area contributed by atoms with E-state index in [1.165, 1.54) is 6.07 Å². The standard InChI is InChI=1S/C17H25FN2O/c1-2-3-9-19-17(21)15-7-10-20(11-8-15)13-14-5-4-6-16(18)12-14/h4-6,12,15H,2-3,7-11,13H2,1H3,(H,19,21).